The zero-order chi connectivity index (χ0) is 20.9. The number of nitrogens with one attached hydrogen (secondary N) is 1. The van der Waals surface area contributed by atoms with Gasteiger partial charge in [-0.05, 0) is 37.5 Å². The number of rotatable bonds is 8. The second-order valence-corrected chi connectivity index (χ2v) is 8.71. The van der Waals surface area contributed by atoms with Crippen LogP contribution in [0, 0.1) is 0 Å². The molecule has 2 aliphatic rings. The molecule has 1 atom stereocenters. The molecule has 1 amide bonds. The molecule has 1 unspecified atom stereocenters. The van der Waals surface area contributed by atoms with E-state index in [1.165, 1.54) is 31.0 Å². The van der Waals surface area contributed by atoms with Gasteiger partial charge in [0.2, 0.25) is 12.7 Å². The van der Waals surface area contributed by atoms with E-state index in [0.29, 0.717) is 12.5 Å². The second kappa shape index (κ2) is 9.55. The number of thioether (sulfide) groups is 1. The number of fused-ring (bicyclic) bond motifs is 1. The Hall–Kier alpha value is -2.48. The third-order valence-corrected chi connectivity index (χ3v) is 6.60. The number of carbonyl (C=O) groups excluding carboxylic acids is 1. The number of ether oxygens (including phenoxy) is 2. The second-order valence-electron chi connectivity index (χ2n) is 7.77. The topological polar surface area (TPSA) is 78.3 Å². The monoisotopic (exact) mass is 428 g/mol. The predicted octanol–water partition coefficient (Wildman–Crippen LogP) is 4.21. The summed E-state index contributed by atoms with van der Waals surface area (Å²) in [4.78, 5) is 12.5. The smallest absolute Gasteiger partial charge is 0.231 e. The lowest BCUT2D eigenvalue weighted by molar-refractivity contribution is -0.119. The quantitative estimate of drug-likeness (QED) is 0.501. The maximum atomic E-state index is 12.5. The lowest BCUT2D eigenvalue weighted by atomic mass is 9.89. The lowest BCUT2D eigenvalue weighted by Crippen LogP contribution is -2.28. The fourth-order valence-corrected chi connectivity index (χ4v) is 4.82. The van der Waals surface area contributed by atoms with Gasteiger partial charge in [0, 0.05) is 12.5 Å². The third kappa shape index (κ3) is 4.64. The van der Waals surface area contributed by atoms with Gasteiger partial charge in [-0.1, -0.05) is 43.2 Å². The normalized spacial score (nSPS) is 17.0. The Kier molecular flexibility index (Phi) is 6.62. The van der Waals surface area contributed by atoms with Gasteiger partial charge in [0.15, 0.2) is 16.7 Å². The van der Waals surface area contributed by atoms with Gasteiger partial charge in [0.1, 0.15) is 5.82 Å². The van der Waals surface area contributed by atoms with Crippen LogP contribution >= 0.6 is 11.8 Å². The van der Waals surface area contributed by atoms with Crippen molar-refractivity contribution < 1.29 is 14.3 Å². The van der Waals surface area contributed by atoms with E-state index in [1.807, 2.05) is 31.2 Å². The molecule has 0 saturated heterocycles. The van der Waals surface area contributed by atoms with Gasteiger partial charge >= 0.3 is 0 Å². The van der Waals surface area contributed by atoms with Crippen molar-refractivity contribution in [1.29, 1.82) is 0 Å². The van der Waals surface area contributed by atoms with Crippen molar-refractivity contribution in [3.8, 4) is 11.5 Å². The van der Waals surface area contributed by atoms with E-state index in [1.54, 1.807) is 0 Å². The Morgan fingerprint density at radius 1 is 1.30 bits per heavy atom. The van der Waals surface area contributed by atoms with Crippen LogP contribution in [0.25, 0.3) is 0 Å². The molecule has 2 heterocycles. The highest BCUT2D eigenvalue weighted by molar-refractivity contribution is 7.99. The van der Waals surface area contributed by atoms with E-state index in [4.69, 9.17) is 9.47 Å². The first-order valence-electron chi connectivity index (χ1n) is 10.5. The molecule has 1 aromatic carbocycles. The Morgan fingerprint density at radius 3 is 2.90 bits per heavy atom. The van der Waals surface area contributed by atoms with Crippen molar-refractivity contribution in [2.24, 2.45) is 0 Å². The van der Waals surface area contributed by atoms with Crippen LogP contribution in [-0.2, 0) is 11.3 Å². The highest BCUT2D eigenvalue weighted by Gasteiger charge is 2.23. The minimum Gasteiger partial charge on any atom is -0.454 e. The van der Waals surface area contributed by atoms with E-state index < -0.39 is 0 Å². The van der Waals surface area contributed by atoms with Crippen molar-refractivity contribution in [3.05, 3.63) is 42.2 Å². The van der Waals surface area contributed by atoms with E-state index in [2.05, 4.69) is 26.7 Å². The predicted molar refractivity (Wildman–Crippen MR) is 116 cm³/mol. The van der Waals surface area contributed by atoms with Gasteiger partial charge in [0.05, 0.1) is 11.8 Å². The molecule has 1 saturated carbocycles. The number of hydrogen-bond donors (Lipinski definition) is 1. The molecule has 1 N–H and O–H groups in total. The van der Waals surface area contributed by atoms with E-state index >= 15 is 0 Å². The number of benzene rings is 1. The standard InChI is InChI=1S/C22H28N4O3S/c1-3-11-26-21(16-7-5-4-6-8-16)24-25-22(26)30-13-20(27)23-15(2)17-9-10-18-19(12-17)29-14-28-18/h3,9-10,12,15-16H,1,4-8,11,13-14H2,2H3,(H,23,27). The van der Waals surface area contributed by atoms with Crippen LogP contribution in [0.3, 0.4) is 0 Å². The highest BCUT2D eigenvalue weighted by atomic mass is 32.2. The molecule has 160 valence electrons. The van der Waals surface area contributed by atoms with Crippen molar-refractivity contribution >= 4 is 17.7 Å². The van der Waals surface area contributed by atoms with Crippen LogP contribution in [0.5, 0.6) is 11.5 Å². The van der Waals surface area contributed by atoms with Crippen molar-refractivity contribution in [2.75, 3.05) is 12.5 Å². The molecule has 1 aliphatic heterocycles. The summed E-state index contributed by atoms with van der Waals surface area (Å²) in [5.74, 6) is 3.19. The van der Waals surface area contributed by atoms with Gasteiger partial charge in [-0.15, -0.1) is 16.8 Å². The molecule has 1 fully saturated rings. The maximum Gasteiger partial charge on any atom is 0.231 e. The molecule has 8 heteroatoms. The minimum atomic E-state index is -0.128. The Balaban J connectivity index is 1.36. The average molecular weight is 429 g/mol. The summed E-state index contributed by atoms with van der Waals surface area (Å²) in [7, 11) is 0. The first-order chi connectivity index (χ1) is 14.7. The lowest BCUT2D eigenvalue weighted by Gasteiger charge is -2.21. The van der Waals surface area contributed by atoms with Crippen LogP contribution in [0.15, 0.2) is 36.0 Å². The van der Waals surface area contributed by atoms with Gasteiger partial charge < -0.3 is 19.4 Å². The van der Waals surface area contributed by atoms with Crippen LogP contribution in [0.2, 0.25) is 0 Å². The molecule has 0 radical (unpaired) electrons. The first-order valence-corrected chi connectivity index (χ1v) is 11.5. The van der Waals surface area contributed by atoms with E-state index in [0.717, 1.165) is 40.9 Å². The summed E-state index contributed by atoms with van der Waals surface area (Å²) in [5.41, 5.74) is 0.979. The van der Waals surface area contributed by atoms with Gasteiger partial charge in [-0.2, -0.15) is 0 Å². The Labute approximate surface area is 181 Å². The summed E-state index contributed by atoms with van der Waals surface area (Å²) in [5, 5.41) is 12.7. The summed E-state index contributed by atoms with van der Waals surface area (Å²) in [6, 6.07) is 5.61. The summed E-state index contributed by atoms with van der Waals surface area (Å²) < 4.78 is 12.9. The van der Waals surface area contributed by atoms with E-state index in [-0.39, 0.29) is 24.5 Å². The number of hydrogen-bond acceptors (Lipinski definition) is 6. The molecular weight excluding hydrogens is 400 g/mol. The molecular formula is C22H28N4O3S. The summed E-state index contributed by atoms with van der Waals surface area (Å²) in [6.45, 7) is 6.74. The Bertz CT molecular complexity index is 908. The number of carbonyl (C=O) groups is 1. The van der Waals surface area contributed by atoms with Gasteiger partial charge in [-0.25, -0.2) is 0 Å². The number of nitrogens with zero attached hydrogens (tertiary/aromatic N) is 3. The number of amides is 1. The van der Waals surface area contributed by atoms with Gasteiger partial charge in [0.25, 0.3) is 0 Å². The van der Waals surface area contributed by atoms with Crippen molar-refractivity contribution in [1.82, 2.24) is 20.1 Å². The SMILES string of the molecule is C=CCn1c(SCC(=O)NC(C)c2ccc3c(c2)OCO3)nnc1C1CCCCC1. The first kappa shape index (κ1) is 20.8. The highest BCUT2D eigenvalue weighted by Crippen LogP contribution is 2.35. The molecule has 0 bridgehead atoms. The molecule has 0 spiro atoms. The van der Waals surface area contributed by atoms with Crippen LogP contribution in [0.4, 0.5) is 0 Å². The maximum absolute atomic E-state index is 12.5. The number of aromatic nitrogens is 3. The van der Waals surface area contributed by atoms with Crippen LogP contribution < -0.4 is 14.8 Å². The Morgan fingerprint density at radius 2 is 2.10 bits per heavy atom. The fourth-order valence-electron chi connectivity index (χ4n) is 4.05. The fraction of sp³-hybridized carbons (Fsp3) is 0.500. The average Bonchev–Trinajstić information content (AvgIpc) is 3.39. The molecule has 4 rings (SSSR count). The summed E-state index contributed by atoms with van der Waals surface area (Å²) >= 11 is 1.42. The summed E-state index contributed by atoms with van der Waals surface area (Å²) in [6.07, 6.45) is 7.97. The molecule has 7 nitrogen and oxygen atoms in total. The third-order valence-electron chi connectivity index (χ3n) is 5.63. The molecule has 30 heavy (non-hydrogen) atoms. The van der Waals surface area contributed by atoms with Crippen LogP contribution in [-0.4, -0.2) is 33.2 Å². The molecule has 1 aliphatic carbocycles. The zero-order valence-corrected chi connectivity index (χ0v) is 18.1. The zero-order valence-electron chi connectivity index (χ0n) is 17.3. The number of allylic oxidation sites excluding steroid dienone is 1. The van der Waals surface area contributed by atoms with Crippen molar-refractivity contribution in [3.63, 3.8) is 0 Å². The minimum absolute atomic E-state index is 0.0439. The largest absolute Gasteiger partial charge is 0.454 e. The van der Waals surface area contributed by atoms with Crippen molar-refractivity contribution in [2.45, 2.75) is 62.7 Å². The van der Waals surface area contributed by atoms with Crippen LogP contribution in [0.1, 0.15) is 62.4 Å². The van der Waals surface area contributed by atoms with E-state index in [9.17, 15) is 4.79 Å². The molecule has 1 aromatic heterocycles. The van der Waals surface area contributed by atoms with Gasteiger partial charge in [-0.3, -0.25) is 4.79 Å². The molecule has 2 aromatic rings.